The van der Waals surface area contributed by atoms with Crippen molar-refractivity contribution in [2.24, 2.45) is 0 Å². The van der Waals surface area contributed by atoms with Gasteiger partial charge >= 0.3 is 0 Å². The van der Waals surface area contributed by atoms with Gasteiger partial charge in [-0.25, -0.2) is 0 Å². The van der Waals surface area contributed by atoms with Gasteiger partial charge in [0.05, 0.1) is 19.8 Å². The Labute approximate surface area is 109 Å². The molecule has 1 atom stereocenters. The van der Waals surface area contributed by atoms with E-state index < -0.39 is 0 Å². The van der Waals surface area contributed by atoms with E-state index in [9.17, 15) is 0 Å². The molecule has 1 N–H and O–H groups in total. The van der Waals surface area contributed by atoms with Gasteiger partial charge in [-0.05, 0) is 24.0 Å². The van der Waals surface area contributed by atoms with E-state index in [1.54, 1.807) is 0 Å². The highest BCUT2D eigenvalue weighted by molar-refractivity contribution is 5.35. The maximum absolute atomic E-state index is 5.91. The van der Waals surface area contributed by atoms with Crippen LogP contribution in [-0.4, -0.2) is 32.4 Å². The Morgan fingerprint density at radius 1 is 1.39 bits per heavy atom. The molecule has 1 aliphatic rings. The van der Waals surface area contributed by atoms with Crippen molar-refractivity contribution < 1.29 is 9.47 Å². The summed E-state index contributed by atoms with van der Waals surface area (Å²) < 4.78 is 11.3. The van der Waals surface area contributed by atoms with Gasteiger partial charge in [-0.15, -0.1) is 0 Å². The molecule has 1 unspecified atom stereocenters. The molecule has 1 aliphatic heterocycles. The molecule has 0 spiro atoms. The molecule has 1 aromatic carbocycles. The van der Waals surface area contributed by atoms with Gasteiger partial charge in [0.1, 0.15) is 5.75 Å². The molecule has 0 amide bonds. The summed E-state index contributed by atoms with van der Waals surface area (Å²) in [5.41, 5.74) is 1.28. The van der Waals surface area contributed by atoms with Crippen LogP contribution in [0, 0.1) is 0 Å². The van der Waals surface area contributed by atoms with Crippen molar-refractivity contribution in [3.05, 3.63) is 29.8 Å². The third-order valence-electron chi connectivity index (χ3n) is 3.26. The topological polar surface area (TPSA) is 30.5 Å². The zero-order valence-corrected chi connectivity index (χ0v) is 11.3. The first kappa shape index (κ1) is 13.4. The summed E-state index contributed by atoms with van der Waals surface area (Å²) in [6.07, 6.45) is 0.992. The molecule has 18 heavy (non-hydrogen) atoms. The van der Waals surface area contributed by atoms with E-state index in [0.717, 1.165) is 38.5 Å². The van der Waals surface area contributed by atoms with Crippen molar-refractivity contribution in [2.45, 2.75) is 32.2 Å². The predicted octanol–water partition coefficient (Wildman–Crippen LogP) is 2.57. The number of para-hydroxylation sites is 1. The summed E-state index contributed by atoms with van der Waals surface area (Å²) in [4.78, 5) is 0. The fourth-order valence-electron chi connectivity index (χ4n) is 2.21. The van der Waals surface area contributed by atoms with Crippen LogP contribution >= 0.6 is 0 Å². The monoisotopic (exact) mass is 249 g/mol. The van der Waals surface area contributed by atoms with Gasteiger partial charge in [0.25, 0.3) is 0 Å². The fraction of sp³-hybridized carbons (Fsp3) is 0.600. The van der Waals surface area contributed by atoms with Gasteiger partial charge in [-0.2, -0.15) is 0 Å². The standard InChI is InChI=1S/C15H23NO2/c1-12(2)14-5-3-4-6-15(14)18-9-7-13-11-17-10-8-16-13/h3-6,12-13,16H,7-11H2,1-2H3. The molecule has 1 heterocycles. The summed E-state index contributed by atoms with van der Waals surface area (Å²) in [5, 5.41) is 3.44. The molecule has 0 aromatic heterocycles. The fourth-order valence-corrected chi connectivity index (χ4v) is 2.21. The second-order valence-electron chi connectivity index (χ2n) is 5.06. The number of nitrogens with one attached hydrogen (secondary N) is 1. The van der Waals surface area contributed by atoms with E-state index in [4.69, 9.17) is 9.47 Å². The van der Waals surface area contributed by atoms with E-state index in [1.165, 1.54) is 5.56 Å². The molecule has 100 valence electrons. The first-order chi connectivity index (χ1) is 8.77. The Bertz CT molecular complexity index is 359. The zero-order chi connectivity index (χ0) is 12.8. The minimum atomic E-state index is 0.435. The Kier molecular flexibility index (Phi) is 5.02. The summed E-state index contributed by atoms with van der Waals surface area (Å²) in [6, 6.07) is 8.73. The average Bonchev–Trinajstić information content (AvgIpc) is 2.40. The number of rotatable bonds is 5. The summed E-state index contributed by atoms with van der Waals surface area (Å²) in [6.45, 7) is 7.71. The number of hydrogen-bond acceptors (Lipinski definition) is 3. The Hall–Kier alpha value is -1.06. The van der Waals surface area contributed by atoms with Gasteiger partial charge in [-0.1, -0.05) is 32.0 Å². The highest BCUT2D eigenvalue weighted by atomic mass is 16.5. The van der Waals surface area contributed by atoms with Crippen LogP contribution in [0.2, 0.25) is 0 Å². The van der Waals surface area contributed by atoms with Crippen molar-refractivity contribution >= 4 is 0 Å². The first-order valence-electron chi connectivity index (χ1n) is 6.80. The van der Waals surface area contributed by atoms with Gasteiger partial charge in [0.2, 0.25) is 0 Å². The second-order valence-corrected chi connectivity index (χ2v) is 5.06. The van der Waals surface area contributed by atoms with Crippen LogP contribution in [0.1, 0.15) is 31.7 Å². The van der Waals surface area contributed by atoms with Crippen LogP contribution in [0.5, 0.6) is 5.75 Å². The van der Waals surface area contributed by atoms with E-state index >= 15 is 0 Å². The number of benzene rings is 1. The van der Waals surface area contributed by atoms with Crippen molar-refractivity contribution in [1.29, 1.82) is 0 Å². The lowest BCUT2D eigenvalue weighted by Crippen LogP contribution is -2.42. The Morgan fingerprint density at radius 3 is 2.94 bits per heavy atom. The molecule has 3 nitrogen and oxygen atoms in total. The lowest BCUT2D eigenvalue weighted by atomic mass is 10.0. The maximum atomic E-state index is 5.91. The van der Waals surface area contributed by atoms with Gasteiger partial charge in [0, 0.05) is 12.6 Å². The summed E-state index contributed by atoms with van der Waals surface area (Å²) in [7, 11) is 0. The zero-order valence-electron chi connectivity index (χ0n) is 11.3. The molecular formula is C15H23NO2. The highest BCUT2D eigenvalue weighted by Crippen LogP contribution is 2.25. The van der Waals surface area contributed by atoms with Gasteiger partial charge in [0.15, 0.2) is 0 Å². The van der Waals surface area contributed by atoms with Crippen molar-refractivity contribution in [1.82, 2.24) is 5.32 Å². The van der Waals surface area contributed by atoms with Crippen LogP contribution in [0.15, 0.2) is 24.3 Å². The van der Waals surface area contributed by atoms with E-state index in [0.29, 0.717) is 12.0 Å². The molecule has 0 aliphatic carbocycles. The lowest BCUT2D eigenvalue weighted by Gasteiger charge is -2.24. The van der Waals surface area contributed by atoms with Crippen molar-refractivity contribution in [3.63, 3.8) is 0 Å². The quantitative estimate of drug-likeness (QED) is 0.870. The predicted molar refractivity (Wildman–Crippen MR) is 73.3 cm³/mol. The number of morpholine rings is 1. The minimum Gasteiger partial charge on any atom is -0.493 e. The molecular weight excluding hydrogens is 226 g/mol. The van der Waals surface area contributed by atoms with Gasteiger partial charge in [-0.3, -0.25) is 0 Å². The number of ether oxygens (including phenoxy) is 2. The summed E-state index contributed by atoms with van der Waals surface area (Å²) in [5.74, 6) is 1.52. The average molecular weight is 249 g/mol. The van der Waals surface area contributed by atoms with Crippen molar-refractivity contribution in [2.75, 3.05) is 26.4 Å². The SMILES string of the molecule is CC(C)c1ccccc1OCCC1COCCN1. The first-order valence-corrected chi connectivity index (χ1v) is 6.80. The third-order valence-corrected chi connectivity index (χ3v) is 3.26. The van der Waals surface area contributed by atoms with E-state index in [1.807, 2.05) is 6.07 Å². The molecule has 0 saturated carbocycles. The molecule has 2 rings (SSSR count). The maximum Gasteiger partial charge on any atom is 0.122 e. The van der Waals surface area contributed by atoms with Crippen LogP contribution in [-0.2, 0) is 4.74 Å². The molecule has 1 saturated heterocycles. The molecule has 0 bridgehead atoms. The largest absolute Gasteiger partial charge is 0.493 e. The van der Waals surface area contributed by atoms with Crippen LogP contribution in [0.25, 0.3) is 0 Å². The van der Waals surface area contributed by atoms with Gasteiger partial charge < -0.3 is 14.8 Å². The van der Waals surface area contributed by atoms with Crippen LogP contribution < -0.4 is 10.1 Å². The van der Waals surface area contributed by atoms with Crippen LogP contribution in [0.3, 0.4) is 0 Å². The Balaban J connectivity index is 1.82. The smallest absolute Gasteiger partial charge is 0.122 e. The molecule has 1 fully saturated rings. The van der Waals surface area contributed by atoms with E-state index in [-0.39, 0.29) is 0 Å². The normalized spacial score (nSPS) is 20.1. The van der Waals surface area contributed by atoms with Crippen molar-refractivity contribution in [3.8, 4) is 5.75 Å². The van der Waals surface area contributed by atoms with Crippen LogP contribution in [0.4, 0.5) is 0 Å². The Morgan fingerprint density at radius 2 is 2.22 bits per heavy atom. The molecule has 1 aromatic rings. The third kappa shape index (κ3) is 3.72. The lowest BCUT2D eigenvalue weighted by molar-refractivity contribution is 0.0691. The van der Waals surface area contributed by atoms with E-state index in [2.05, 4.69) is 37.4 Å². The number of hydrogen-bond donors (Lipinski definition) is 1. The second kappa shape index (κ2) is 6.76. The minimum absolute atomic E-state index is 0.435. The molecule has 3 heteroatoms. The summed E-state index contributed by atoms with van der Waals surface area (Å²) >= 11 is 0. The highest BCUT2D eigenvalue weighted by Gasteiger charge is 2.13. The molecule has 0 radical (unpaired) electrons.